The predicted molar refractivity (Wildman–Crippen MR) is 98.6 cm³/mol. The summed E-state index contributed by atoms with van der Waals surface area (Å²) in [4.78, 5) is 4.78. The smallest absolute Gasteiger partial charge is 0.152 e. The average Bonchev–Trinajstić information content (AvgIpc) is 2.38. The highest BCUT2D eigenvalue weighted by Gasteiger charge is 2.28. The Bertz CT molecular complexity index is 416. The normalized spacial score (nSPS) is 24.5. The van der Waals surface area contributed by atoms with Crippen LogP contribution in [0, 0.1) is 0 Å². The molecule has 0 amide bonds. The quantitative estimate of drug-likeness (QED) is 0.671. The van der Waals surface area contributed by atoms with Crippen LogP contribution in [-0.4, -0.2) is 78.5 Å². The van der Waals surface area contributed by atoms with Gasteiger partial charge in [-0.25, -0.2) is 8.42 Å². The molecule has 0 spiro atoms. The lowest BCUT2D eigenvalue weighted by atomic mass is 10.1. The molecule has 0 saturated carbocycles. The van der Waals surface area contributed by atoms with Crippen molar-refractivity contribution in [3.63, 3.8) is 0 Å². The zero-order chi connectivity index (χ0) is 17.0. The molecule has 0 aromatic heterocycles. The van der Waals surface area contributed by atoms with Gasteiger partial charge in [-0.2, -0.15) is 11.8 Å². The molecule has 0 N–H and O–H groups in total. The van der Waals surface area contributed by atoms with E-state index >= 15 is 0 Å². The van der Waals surface area contributed by atoms with Gasteiger partial charge in [0.05, 0.1) is 11.5 Å². The van der Waals surface area contributed by atoms with E-state index in [2.05, 4.69) is 63.1 Å². The Hall–Kier alpha value is 0.220. The Kier molecular flexibility index (Phi) is 7.24. The van der Waals surface area contributed by atoms with E-state index in [4.69, 9.17) is 0 Å². The summed E-state index contributed by atoms with van der Waals surface area (Å²) >= 11 is 2.07. The minimum atomic E-state index is -2.72. The topological polar surface area (TPSA) is 40.6 Å². The highest BCUT2D eigenvalue weighted by molar-refractivity contribution is 7.99. The molecule has 0 radical (unpaired) electrons. The average molecular weight is 351 g/mol. The summed E-state index contributed by atoms with van der Waals surface area (Å²) in [5, 5.41) is 0. The Labute approximate surface area is 141 Å². The zero-order valence-corrected chi connectivity index (χ0v) is 16.8. The van der Waals surface area contributed by atoms with Gasteiger partial charge in [0.1, 0.15) is 0 Å². The highest BCUT2D eigenvalue weighted by Crippen LogP contribution is 2.18. The molecule has 132 valence electrons. The molecule has 2 saturated heterocycles. The molecule has 0 aromatic rings. The summed E-state index contributed by atoms with van der Waals surface area (Å²) in [7, 11) is -2.72. The Morgan fingerprint density at radius 2 is 1.09 bits per heavy atom. The maximum Gasteiger partial charge on any atom is 0.152 e. The second kappa shape index (κ2) is 7.86. The molecule has 2 fully saturated rings. The van der Waals surface area contributed by atoms with E-state index < -0.39 is 9.84 Å². The monoisotopic (exact) mass is 350 g/mol. The molecule has 4 nitrogen and oxygen atoms in total. The van der Waals surface area contributed by atoms with Gasteiger partial charge in [-0.3, -0.25) is 9.80 Å². The number of rotatable bonds is 0. The number of hydrogen-bond donors (Lipinski definition) is 0. The molecule has 2 heterocycles. The lowest BCUT2D eigenvalue weighted by Gasteiger charge is -2.37. The molecule has 6 heteroatoms. The molecular formula is C16H34N2O2S2. The van der Waals surface area contributed by atoms with Crippen LogP contribution in [0.1, 0.15) is 41.5 Å². The Morgan fingerprint density at radius 3 is 1.41 bits per heavy atom. The fourth-order valence-electron chi connectivity index (χ4n) is 2.62. The van der Waals surface area contributed by atoms with Gasteiger partial charge in [-0.05, 0) is 41.5 Å². The van der Waals surface area contributed by atoms with Crippen molar-refractivity contribution in [3.8, 4) is 0 Å². The number of hydrogen-bond acceptors (Lipinski definition) is 5. The molecule has 0 unspecified atom stereocenters. The summed E-state index contributed by atoms with van der Waals surface area (Å²) in [6.45, 7) is 17.1. The van der Waals surface area contributed by atoms with Gasteiger partial charge in [0.2, 0.25) is 0 Å². The number of thioether (sulfide) groups is 1. The van der Waals surface area contributed by atoms with Crippen molar-refractivity contribution in [1.29, 1.82) is 0 Å². The van der Waals surface area contributed by atoms with Crippen molar-refractivity contribution >= 4 is 21.6 Å². The van der Waals surface area contributed by atoms with Crippen molar-refractivity contribution in [2.75, 3.05) is 49.2 Å². The maximum atomic E-state index is 11.1. The fourth-order valence-corrected chi connectivity index (χ4v) is 4.72. The second-order valence-electron chi connectivity index (χ2n) is 8.08. The second-order valence-corrected chi connectivity index (χ2v) is 11.6. The summed E-state index contributed by atoms with van der Waals surface area (Å²) < 4.78 is 22.2. The van der Waals surface area contributed by atoms with Crippen LogP contribution in [0.15, 0.2) is 0 Å². The fraction of sp³-hybridized carbons (Fsp3) is 1.00. The maximum absolute atomic E-state index is 11.1. The summed E-state index contributed by atoms with van der Waals surface area (Å²) in [6, 6.07) is 0. The number of nitrogens with zero attached hydrogens (tertiary/aromatic N) is 2. The van der Waals surface area contributed by atoms with Gasteiger partial charge in [0.25, 0.3) is 0 Å². The van der Waals surface area contributed by atoms with Gasteiger partial charge in [0, 0.05) is 48.8 Å². The van der Waals surface area contributed by atoms with Crippen molar-refractivity contribution < 1.29 is 8.42 Å². The van der Waals surface area contributed by atoms with E-state index in [1.165, 1.54) is 24.6 Å². The summed E-state index contributed by atoms with van der Waals surface area (Å²) in [6.07, 6.45) is 0. The first kappa shape index (κ1) is 20.3. The van der Waals surface area contributed by atoms with Gasteiger partial charge in [-0.1, -0.05) is 0 Å². The molecule has 0 aliphatic carbocycles. The van der Waals surface area contributed by atoms with Crippen LogP contribution in [0.4, 0.5) is 0 Å². The van der Waals surface area contributed by atoms with Crippen molar-refractivity contribution in [2.45, 2.75) is 52.6 Å². The number of sulfone groups is 1. The third kappa shape index (κ3) is 7.20. The first-order chi connectivity index (χ1) is 9.92. The van der Waals surface area contributed by atoms with Crippen LogP contribution in [0.3, 0.4) is 0 Å². The minimum absolute atomic E-state index is 0.107. The van der Waals surface area contributed by atoms with Gasteiger partial charge >= 0.3 is 0 Å². The molecule has 0 aromatic carbocycles. The first-order valence-corrected chi connectivity index (χ1v) is 11.2. The standard InChI is InChI=1S/C8H17NO2S.C8H17NS/c1-8(2,3)9-4-6-12(10,11)7-5-9;1-8(2,3)9-4-6-10-7-5-9/h4-7H2,1-3H3;4-7H2,1-3H3. The SMILES string of the molecule is CC(C)(C)N1CCS(=O)(=O)CC1.CC(C)(C)N1CCSCC1. The van der Waals surface area contributed by atoms with E-state index in [1.807, 2.05) is 0 Å². The Morgan fingerprint density at radius 1 is 0.727 bits per heavy atom. The van der Waals surface area contributed by atoms with Gasteiger partial charge < -0.3 is 0 Å². The van der Waals surface area contributed by atoms with E-state index in [1.54, 1.807) is 0 Å². The lowest BCUT2D eigenvalue weighted by Crippen LogP contribution is -2.49. The van der Waals surface area contributed by atoms with E-state index in [0.717, 1.165) is 0 Å². The van der Waals surface area contributed by atoms with Crippen LogP contribution in [0.5, 0.6) is 0 Å². The van der Waals surface area contributed by atoms with Crippen LogP contribution in [0.25, 0.3) is 0 Å². The van der Waals surface area contributed by atoms with E-state index in [9.17, 15) is 8.42 Å². The highest BCUT2D eigenvalue weighted by atomic mass is 32.2. The molecule has 2 aliphatic heterocycles. The molecular weight excluding hydrogens is 316 g/mol. The van der Waals surface area contributed by atoms with Crippen LogP contribution in [-0.2, 0) is 9.84 Å². The molecule has 2 rings (SSSR count). The van der Waals surface area contributed by atoms with Gasteiger partial charge in [-0.15, -0.1) is 0 Å². The lowest BCUT2D eigenvalue weighted by molar-refractivity contribution is 0.150. The largest absolute Gasteiger partial charge is 0.297 e. The third-order valence-electron chi connectivity index (χ3n) is 4.25. The molecule has 22 heavy (non-hydrogen) atoms. The summed E-state index contributed by atoms with van der Waals surface area (Å²) in [5.41, 5.74) is 0.497. The van der Waals surface area contributed by atoms with E-state index in [-0.39, 0.29) is 5.54 Å². The van der Waals surface area contributed by atoms with E-state index in [0.29, 0.717) is 30.1 Å². The third-order valence-corrected chi connectivity index (χ3v) is 6.80. The van der Waals surface area contributed by atoms with Crippen molar-refractivity contribution in [3.05, 3.63) is 0 Å². The summed E-state index contributed by atoms with van der Waals surface area (Å²) in [5.74, 6) is 3.28. The minimum Gasteiger partial charge on any atom is -0.297 e. The molecule has 0 bridgehead atoms. The van der Waals surface area contributed by atoms with Crippen LogP contribution in [0.2, 0.25) is 0 Å². The molecule has 2 aliphatic rings. The van der Waals surface area contributed by atoms with Crippen molar-refractivity contribution in [1.82, 2.24) is 9.80 Å². The van der Waals surface area contributed by atoms with Crippen LogP contribution < -0.4 is 0 Å². The van der Waals surface area contributed by atoms with Crippen molar-refractivity contribution in [2.24, 2.45) is 0 Å². The van der Waals surface area contributed by atoms with Crippen LogP contribution >= 0.6 is 11.8 Å². The zero-order valence-electron chi connectivity index (χ0n) is 15.2. The predicted octanol–water partition coefficient (Wildman–Crippen LogP) is 2.35. The first-order valence-electron chi connectivity index (χ1n) is 8.20. The molecule has 0 atom stereocenters. The Balaban J connectivity index is 0.000000224. The van der Waals surface area contributed by atoms with Gasteiger partial charge in [0.15, 0.2) is 9.84 Å².